The number of pyridine rings is 1. The zero-order chi connectivity index (χ0) is 19.7. The second kappa shape index (κ2) is 7.22. The first-order valence-corrected chi connectivity index (χ1v) is 10.7. The molecule has 1 aliphatic heterocycles. The highest BCUT2D eigenvalue weighted by molar-refractivity contribution is 7.89. The van der Waals surface area contributed by atoms with Gasteiger partial charge in [-0.15, -0.1) is 0 Å². The molecule has 0 atom stereocenters. The monoisotopic (exact) mass is 391 g/mol. The van der Waals surface area contributed by atoms with E-state index in [4.69, 9.17) is 5.14 Å². The Bertz CT molecular complexity index is 1120. The lowest BCUT2D eigenvalue weighted by atomic mass is 10.1. The molecule has 0 radical (unpaired) electrons. The summed E-state index contributed by atoms with van der Waals surface area (Å²) in [7, 11) is -3.98. The third kappa shape index (κ3) is 3.21. The Morgan fingerprint density at radius 2 is 1.46 bits per heavy atom. The minimum atomic E-state index is -3.98. The summed E-state index contributed by atoms with van der Waals surface area (Å²) in [6.07, 6.45) is 7.04. The van der Waals surface area contributed by atoms with Crippen LogP contribution in [-0.4, -0.2) is 13.4 Å². The molecule has 3 aromatic rings. The van der Waals surface area contributed by atoms with Crippen molar-refractivity contribution in [2.75, 3.05) is 4.90 Å². The van der Waals surface area contributed by atoms with Crippen LogP contribution in [-0.2, 0) is 16.4 Å². The highest BCUT2D eigenvalue weighted by Crippen LogP contribution is 2.44. The number of nitrogens with two attached hydrogens (primary N) is 1. The number of fused-ring (bicyclic) bond motifs is 2. The Kier molecular flexibility index (Phi) is 4.75. The van der Waals surface area contributed by atoms with E-state index in [0.29, 0.717) is 17.8 Å². The van der Waals surface area contributed by atoms with E-state index < -0.39 is 10.0 Å². The van der Waals surface area contributed by atoms with Crippen molar-refractivity contribution in [2.24, 2.45) is 5.14 Å². The molecule has 2 aromatic carbocycles. The Hall–Kier alpha value is -2.96. The summed E-state index contributed by atoms with van der Waals surface area (Å²) in [5, 5.41) is 5.66. The summed E-state index contributed by atoms with van der Waals surface area (Å²) in [6.45, 7) is 1.99. The van der Waals surface area contributed by atoms with Crippen LogP contribution in [0.25, 0.3) is 12.2 Å². The number of aryl methyl sites for hydroxylation is 1. The van der Waals surface area contributed by atoms with Crippen molar-refractivity contribution in [2.45, 2.75) is 24.7 Å². The predicted molar refractivity (Wildman–Crippen MR) is 113 cm³/mol. The summed E-state index contributed by atoms with van der Waals surface area (Å²) in [5.74, 6) is 0. The van der Waals surface area contributed by atoms with E-state index in [0.717, 1.165) is 28.9 Å². The van der Waals surface area contributed by atoms with Gasteiger partial charge >= 0.3 is 0 Å². The topological polar surface area (TPSA) is 76.3 Å². The third-order valence-electron chi connectivity index (χ3n) is 4.77. The molecule has 0 unspecified atom stereocenters. The second-order valence-electron chi connectivity index (χ2n) is 6.69. The Labute approximate surface area is 165 Å². The van der Waals surface area contributed by atoms with Gasteiger partial charge in [0.25, 0.3) is 0 Å². The molecule has 2 heterocycles. The van der Waals surface area contributed by atoms with Crippen molar-refractivity contribution in [3.8, 4) is 0 Å². The molecule has 0 aliphatic carbocycles. The van der Waals surface area contributed by atoms with Crippen LogP contribution in [0.2, 0.25) is 0 Å². The summed E-state index contributed by atoms with van der Waals surface area (Å²) in [6, 6.07) is 17.5. The number of hydrogen-bond donors (Lipinski definition) is 1. The maximum absolute atomic E-state index is 12.6. The summed E-state index contributed by atoms with van der Waals surface area (Å²) in [5.41, 5.74) is 4.78. The van der Waals surface area contributed by atoms with Crippen molar-refractivity contribution < 1.29 is 8.42 Å². The average molecular weight is 391 g/mol. The molecule has 5 nitrogen and oxygen atoms in total. The van der Waals surface area contributed by atoms with E-state index in [1.807, 2.05) is 72.5 Å². The lowest BCUT2D eigenvalue weighted by molar-refractivity contribution is 0.595. The molecule has 0 saturated carbocycles. The van der Waals surface area contributed by atoms with Crippen molar-refractivity contribution in [3.05, 3.63) is 77.6 Å². The lowest BCUT2D eigenvalue weighted by Gasteiger charge is -2.29. The van der Waals surface area contributed by atoms with Gasteiger partial charge in [-0.25, -0.2) is 13.6 Å². The fourth-order valence-electron chi connectivity index (χ4n) is 3.61. The van der Waals surface area contributed by atoms with Gasteiger partial charge in [0.2, 0.25) is 10.0 Å². The van der Waals surface area contributed by atoms with Crippen LogP contribution in [0.5, 0.6) is 0 Å². The van der Waals surface area contributed by atoms with E-state index in [-0.39, 0.29) is 4.90 Å². The average Bonchev–Trinajstić information content (AvgIpc) is 2.84. The molecule has 0 saturated heterocycles. The molecular weight excluding hydrogens is 370 g/mol. The van der Waals surface area contributed by atoms with E-state index in [1.54, 1.807) is 12.3 Å². The van der Waals surface area contributed by atoms with Crippen molar-refractivity contribution in [1.29, 1.82) is 0 Å². The Balaban J connectivity index is 2.08. The number of aromatic nitrogens is 1. The van der Waals surface area contributed by atoms with Gasteiger partial charge in [-0.3, -0.25) is 4.98 Å². The van der Waals surface area contributed by atoms with Gasteiger partial charge < -0.3 is 4.90 Å². The summed E-state index contributed by atoms with van der Waals surface area (Å²) >= 11 is 0. The number of nitrogens with zero attached hydrogens (tertiary/aromatic N) is 2. The highest BCUT2D eigenvalue weighted by Gasteiger charge is 2.27. The molecular formula is C22H21N3O2S. The molecule has 0 spiro atoms. The fourth-order valence-corrected chi connectivity index (χ4v) is 4.55. The van der Waals surface area contributed by atoms with Crippen LogP contribution in [0.1, 0.15) is 30.2 Å². The molecule has 0 bridgehead atoms. The van der Waals surface area contributed by atoms with Gasteiger partial charge in [0.1, 0.15) is 4.90 Å². The van der Waals surface area contributed by atoms with Gasteiger partial charge in [0, 0.05) is 6.20 Å². The molecule has 2 N–H and O–H groups in total. The lowest BCUT2D eigenvalue weighted by Crippen LogP contribution is -2.21. The zero-order valence-corrected chi connectivity index (χ0v) is 16.4. The van der Waals surface area contributed by atoms with Crippen molar-refractivity contribution >= 4 is 39.2 Å². The fraction of sp³-hybridized carbons (Fsp3) is 0.136. The maximum Gasteiger partial charge on any atom is 0.241 e. The number of sulfonamides is 1. The van der Waals surface area contributed by atoms with Gasteiger partial charge in [-0.1, -0.05) is 61.9 Å². The van der Waals surface area contributed by atoms with Crippen LogP contribution in [0.15, 0.2) is 65.7 Å². The van der Waals surface area contributed by atoms with Gasteiger partial charge in [0.15, 0.2) is 0 Å². The van der Waals surface area contributed by atoms with Crippen LogP contribution < -0.4 is 10.0 Å². The smallest absolute Gasteiger partial charge is 0.241 e. The van der Waals surface area contributed by atoms with Gasteiger partial charge in [-0.05, 0) is 35.7 Å². The molecule has 0 fully saturated rings. The van der Waals surface area contributed by atoms with Crippen LogP contribution >= 0.6 is 0 Å². The third-order valence-corrected chi connectivity index (χ3v) is 5.78. The van der Waals surface area contributed by atoms with Crippen molar-refractivity contribution in [1.82, 2.24) is 4.98 Å². The largest absolute Gasteiger partial charge is 0.308 e. The molecule has 6 heteroatoms. The molecule has 1 aliphatic rings. The van der Waals surface area contributed by atoms with E-state index in [2.05, 4.69) is 4.98 Å². The molecule has 28 heavy (non-hydrogen) atoms. The van der Waals surface area contributed by atoms with E-state index in [9.17, 15) is 8.42 Å². The van der Waals surface area contributed by atoms with Crippen LogP contribution in [0, 0.1) is 0 Å². The molecule has 0 amide bonds. The minimum absolute atomic E-state index is 0.0864. The van der Waals surface area contributed by atoms with E-state index >= 15 is 0 Å². The molecule has 1 aromatic heterocycles. The maximum atomic E-state index is 12.6. The number of rotatable bonds is 4. The number of primary sulfonamides is 1. The first kappa shape index (κ1) is 18.4. The zero-order valence-electron chi connectivity index (χ0n) is 15.5. The van der Waals surface area contributed by atoms with Crippen LogP contribution in [0.3, 0.4) is 0 Å². The van der Waals surface area contributed by atoms with E-state index in [1.165, 1.54) is 0 Å². The summed E-state index contributed by atoms with van der Waals surface area (Å²) < 4.78 is 25.2. The first-order valence-electron chi connectivity index (χ1n) is 9.17. The van der Waals surface area contributed by atoms with Crippen LogP contribution in [0.4, 0.5) is 17.1 Å². The first-order chi connectivity index (χ1) is 13.5. The Morgan fingerprint density at radius 3 is 2.00 bits per heavy atom. The predicted octanol–water partition coefficient (Wildman–Crippen LogP) is 4.64. The number of anilines is 3. The summed E-state index contributed by atoms with van der Waals surface area (Å²) in [4.78, 5) is 6.37. The molecule has 142 valence electrons. The Morgan fingerprint density at radius 1 is 0.893 bits per heavy atom. The normalized spacial score (nSPS) is 13.0. The SMILES string of the molecule is CCCc1nccc(N2c3ccccc3C=Cc3ccccc32)c1S(N)(=O)=O. The number of benzene rings is 2. The number of para-hydroxylation sites is 2. The van der Waals surface area contributed by atoms with Gasteiger partial charge in [0.05, 0.1) is 22.8 Å². The van der Waals surface area contributed by atoms with Gasteiger partial charge in [-0.2, -0.15) is 0 Å². The highest BCUT2D eigenvalue weighted by atomic mass is 32.2. The molecule has 4 rings (SSSR count). The standard InChI is InChI=1S/C22H21N3O2S/c1-2-7-18-22(28(23,26)27)21(14-15-24-18)25-19-10-5-3-8-16(19)12-13-17-9-4-6-11-20(17)25/h3-6,8-15H,2,7H2,1H3,(H2,23,26,27). The quantitative estimate of drug-likeness (QED) is 0.550. The van der Waals surface area contributed by atoms with Crippen molar-refractivity contribution in [3.63, 3.8) is 0 Å². The second-order valence-corrected chi connectivity index (χ2v) is 8.19. The minimum Gasteiger partial charge on any atom is -0.308 e. The number of hydrogen-bond acceptors (Lipinski definition) is 4.